The highest BCUT2D eigenvalue weighted by Gasteiger charge is 2.45. The van der Waals surface area contributed by atoms with Gasteiger partial charge in [0.15, 0.2) is 6.61 Å². The van der Waals surface area contributed by atoms with Gasteiger partial charge in [-0.1, -0.05) is 41.9 Å². The number of hydrogen-bond donors (Lipinski definition) is 6. The number of carboxylic acids is 1. The molecular formula is C38H38ClF3N8O7. The summed E-state index contributed by atoms with van der Waals surface area (Å²) in [5.41, 5.74) is 0.465. The van der Waals surface area contributed by atoms with Crippen molar-refractivity contribution in [2.45, 2.75) is 49.9 Å². The normalized spacial score (nSPS) is 15.3. The summed E-state index contributed by atoms with van der Waals surface area (Å²) in [6, 6.07) is 20.0. The lowest BCUT2D eigenvalue weighted by Crippen LogP contribution is -2.46. The number of aliphatic carboxylic acids is 1. The van der Waals surface area contributed by atoms with Crippen LogP contribution >= 0.6 is 11.6 Å². The first-order chi connectivity index (χ1) is 27.2. The minimum atomic E-state index is -4.64. The quantitative estimate of drug-likeness (QED) is 0.0737. The summed E-state index contributed by atoms with van der Waals surface area (Å²) in [6.45, 7) is -1.22. The molecule has 0 radical (unpaired) electrons. The van der Waals surface area contributed by atoms with Gasteiger partial charge in [0.2, 0.25) is 11.9 Å². The molecule has 0 saturated heterocycles. The monoisotopic (exact) mass is 810 g/mol. The number of hydrogen-bond acceptors (Lipinski definition) is 11. The van der Waals surface area contributed by atoms with Gasteiger partial charge in [0, 0.05) is 34.8 Å². The summed E-state index contributed by atoms with van der Waals surface area (Å²) in [4.78, 5) is 62.0. The van der Waals surface area contributed by atoms with E-state index < -0.39 is 54.1 Å². The molecule has 1 atom stereocenters. The molecule has 6 rings (SSSR count). The van der Waals surface area contributed by atoms with Crippen LogP contribution in [-0.2, 0) is 19.9 Å². The number of nitrogens with one attached hydrogen (secondary N) is 5. The smallest absolute Gasteiger partial charge is 0.422 e. The van der Waals surface area contributed by atoms with Gasteiger partial charge in [-0.3, -0.25) is 14.4 Å². The van der Waals surface area contributed by atoms with Crippen LogP contribution in [-0.4, -0.2) is 82.3 Å². The molecule has 2 aliphatic carbocycles. The van der Waals surface area contributed by atoms with Gasteiger partial charge in [-0.15, -0.1) is 0 Å². The van der Waals surface area contributed by atoms with E-state index in [0.29, 0.717) is 35.9 Å². The molecule has 1 aromatic heterocycles. The first kappa shape index (κ1) is 40.5. The highest BCUT2D eigenvalue weighted by atomic mass is 35.5. The third-order valence-electron chi connectivity index (χ3n) is 9.28. The number of carbonyl (C=O) groups excluding carboxylic acids is 3. The molecule has 1 heterocycles. The van der Waals surface area contributed by atoms with Gasteiger partial charge in [0.05, 0.1) is 12.1 Å². The number of anilines is 3. The van der Waals surface area contributed by atoms with Crippen LogP contribution in [0.4, 0.5) is 30.8 Å². The number of alkyl halides is 3. The largest absolute Gasteiger partial charge is 0.493 e. The van der Waals surface area contributed by atoms with Crippen molar-refractivity contribution in [2.24, 2.45) is 5.41 Å². The van der Waals surface area contributed by atoms with E-state index in [2.05, 4.69) is 41.5 Å². The molecule has 57 heavy (non-hydrogen) atoms. The molecule has 3 aromatic carbocycles. The third kappa shape index (κ3) is 11.7. The zero-order chi connectivity index (χ0) is 40.6. The van der Waals surface area contributed by atoms with Crippen molar-refractivity contribution in [1.82, 2.24) is 30.9 Å². The number of halogens is 4. The van der Waals surface area contributed by atoms with Crippen molar-refractivity contribution >= 4 is 52.9 Å². The molecule has 0 unspecified atom stereocenters. The molecule has 0 bridgehead atoms. The molecule has 2 saturated carbocycles. The second kappa shape index (κ2) is 17.3. The average molecular weight is 811 g/mol. The van der Waals surface area contributed by atoms with Gasteiger partial charge < -0.3 is 41.2 Å². The lowest BCUT2D eigenvalue weighted by atomic mass is 10.1. The highest BCUT2D eigenvalue weighted by Crippen LogP contribution is 2.48. The number of para-hydroxylation sites is 1. The Balaban J connectivity index is 1.000. The van der Waals surface area contributed by atoms with E-state index in [-0.39, 0.29) is 42.4 Å². The van der Waals surface area contributed by atoms with Crippen LogP contribution in [0.15, 0.2) is 78.9 Å². The maximum absolute atomic E-state index is 13.0. The van der Waals surface area contributed by atoms with E-state index in [4.69, 9.17) is 21.1 Å². The van der Waals surface area contributed by atoms with E-state index in [1.807, 2.05) is 42.5 Å². The summed E-state index contributed by atoms with van der Waals surface area (Å²) in [5, 5.41) is 23.7. The predicted molar refractivity (Wildman–Crippen MR) is 200 cm³/mol. The zero-order valence-corrected chi connectivity index (χ0v) is 31.0. The number of ether oxygens (including phenoxy) is 2. The number of aromatic nitrogens is 3. The van der Waals surface area contributed by atoms with E-state index in [1.165, 1.54) is 24.3 Å². The van der Waals surface area contributed by atoms with Gasteiger partial charge in [0.1, 0.15) is 11.8 Å². The van der Waals surface area contributed by atoms with Crippen LogP contribution in [0.5, 0.6) is 11.8 Å². The molecular weight excluding hydrogens is 773 g/mol. The van der Waals surface area contributed by atoms with Crippen molar-refractivity contribution < 1.29 is 46.9 Å². The minimum absolute atomic E-state index is 0.0408. The minimum Gasteiger partial charge on any atom is -0.493 e. The first-order valence-electron chi connectivity index (χ1n) is 17.8. The summed E-state index contributed by atoms with van der Waals surface area (Å²) < 4.78 is 49.5. The average Bonchev–Trinajstić information content (AvgIpc) is 4.13. The Kier molecular flexibility index (Phi) is 12.3. The van der Waals surface area contributed by atoms with Crippen LogP contribution in [0.25, 0.3) is 0 Å². The van der Waals surface area contributed by atoms with Crippen molar-refractivity contribution in [2.75, 3.05) is 36.9 Å². The lowest BCUT2D eigenvalue weighted by molar-refractivity contribution is -0.154. The molecule has 0 aliphatic heterocycles. The topological polar surface area (TPSA) is 206 Å². The highest BCUT2D eigenvalue weighted by molar-refractivity contribution is 6.35. The molecule has 300 valence electrons. The number of carbonyl (C=O) groups is 4. The maximum atomic E-state index is 13.0. The predicted octanol–water partition coefficient (Wildman–Crippen LogP) is 4.98. The molecule has 2 aliphatic rings. The Morgan fingerprint density at radius 3 is 2.12 bits per heavy atom. The van der Waals surface area contributed by atoms with Gasteiger partial charge in [-0.05, 0) is 86.2 Å². The molecule has 4 aromatic rings. The molecule has 3 amide bonds. The van der Waals surface area contributed by atoms with Crippen molar-refractivity contribution in [3.8, 4) is 11.8 Å². The lowest BCUT2D eigenvalue weighted by Gasteiger charge is -2.19. The summed E-state index contributed by atoms with van der Waals surface area (Å²) in [6.07, 6.45) is -1.80. The number of rotatable bonds is 18. The number of nitrogens with zero attached hydrogens (tertiary/aromatic N) is 3. The summed E-state index contributed by atoms with van der Waals surface area (Å²) in [7, 11) is 0. The van der Waals surface area contributed by atoms with Crippen molar-refractivity contribution in [1.29, 1.82) is 0 Å². The first-order valence-corrected chi connectivity index (χ1v) is 18.2. The standard InChI is InChI=1S/C38H38ClF3N8O7/c39-25-10-8-24(9-11-25)37(17-18-37)50-34-47-33(48-35(49-34)57-22-38(40,41)42)45-26-12-6-23(7-13-26)29(51)46-28(32(54)55)14-19-43-30(52)31(53)44-20-36(15-16-36)21-56-27-4-2-1-3-5-27/h1-13,28H,14-22H2,(H,43,52)(H,44,53)(H,46,51)(H,54,55)(H2,45,47,48,49,50)/t28-/m0/s1. The van der Waals surface area contributed by atoms with Gasteiger partial charge >= 0.3 is 30.0 Å². The maximum Gasteiger partial charge on any atom is 0.422 e. The van der Waals surface area contributed by atoms with Crippen molar-refractivity contribution in [3.63, 3.8) is 0 Å². The van der Waals surface area contributed by atoms with E-state index in [1.54, 1.807) is 12.1 Å². The molecule has 2 fully saturated rings. The van der Waals surface area contributed by atoms with E-state index in [9.17, 15) is 37.5 Å². The van der Waals surface area contributed by atoms with Crippen LogP contribution < -0.4 is 36.1 Å². The second-order valence-corrected chi connectivity index (χ2v) is 14.2. The van der Waals surface area contributed by atoms with Crippen LogP contribution in [0.1, 0.15) is 48.0 Å². The molecule has 15 nitrogen and oxygen atoms in total. The molecule has 6 N–H and O–H groups in total. The third-order valence-corrected chi connectivity index (χ3v) is 9.53. The fourth-order valence-electron chi connectivity index (χ4n) is 5.67. The fraction of sp³-hybridized carbons (Fsp3) is 0.342. The van der Waals surface area contributed by atoms with Gasteiger partial charge in [-0.2, -0.15) is 28.1 Å². The fourth-order valence-corrected chi connectivity index (χ4v) is 5.79. The van der Waals surface area contributed by atoms with E-state index >= 15 is 0 Å². The Bertz CT molecular complexity index is 2070. The Morgan fingerprint density at radius 2 is 1.49 bits per heavy atom. The van der Waals surface area contributed by atoms with Crippen LogP contribution in [0.3, 0.4) is 0 Å². The van der Waals surface area contributed by atoms with Crippen LogP contribution in [0, 0.1) is 5.41 Å². The van der Waals surface area contributed by atoms with Crippen LogP contribution in [0.2, 0.25) is 5.02 Å². The van der Waals surface area contributed by atoms with Gasteiger partial charge in [0.25, 0.3) is 5.91 Å². The molecule has 19 heteroatoms. The van der Waals surface area contributed by atoms with E-state index in [0.717, 1.165) is 18.4 Å². The Hall–Kier alpha value is -6.17. The molecule has 0 spiro atoms. The second-order valence-electron chi connectivity index (χ2n) is 13.8. The summed E-state index contributed by atoms with van der Waals surface area (Å²) >= 11 is 6.03. The Labute approximate surface area is 329 Å². The summed E-state index contributed by atoms with van der Waals surface area (Å²) in [5.74, 6) is -3.40. The Morgan fingerprint density at radius 1 is 0.825 bits per heavy atom. The number of carboxylic acid groups (broad SMARTS) is 1. The zero-order valence-electron chi connectivity index (χ0n) is 30.2. The van der Waals surface area contributed by atoms with Gasteiger partial charge in [-0.25, -0.2) is 4.79 Å². The SMILES string of the molecule is O=C(NCC[C@H](NC(=O)c1ccc(Nc2nc(NC3(c4ccc(Cl)cc4)CC3)nc(OCC(F)(F)F)n2)cc1)C(=O)O)C(=O)NCC1(COc2ccccc2)CC1. The van der Waals surface area contributed by atoms with Crippen molar-refractivity contribution in [3.05, 3.63) is 95.0 Å². The number of amides is 3. The number of benzene rings is 3.